The Morgan fingerprint density at radius 2 is 1.89 bits per heavy atom. The van der Waals surface area contributed by atoms with Crippen LogP contribution in [0.1, 0.15) is 33.5 Å². The molecule has 0 aromatic heterocycles. The van der Waals surface area contributed by atoms with Gasteiger partial charge in [-0.15, -0.1) is 11.8 Å². The van der Waals surface area contributed by atoms with Gasteiger partial charge in [0.15, 0.2) is 6.29 Å². The van der Waals surface area contributed by atoms with Crippen molar-refractivity contribution in [2.75, 3.05) is 23.6 Å². The third-order valence-corrected chi connectivity index (χ3v) is 6.38. The highest BCUT2D eigenvalue weighted by Crippen LogP contribution is 2.35. The zero-order chi connectivity index (χ0) is 26.1. The third kappa shape index (κ3) is 6.08. The van der Waals surface area contributed by atoms with E-state index in [1.165, 1.54) is 19.3 Å². The van der Waals surface area contributed by atoms with Crippen LogP contribution >= 0.6 is 11.8 Å². The third-order valence-electron chi connectivity index (χ3n) is 5.63. The normalized spacial score (nSPS) is 12.2. The fraction of sp³-hybridized carbons (Fsp3) is 0.179. The Labute approximate surface area is 215 Å². The molecule has 0 unspecified atom stereocenters. The Morgan fingerprint density at radius 3 is 2.56 bits per heavy atom. The molecule has 0 heterocycles. The summed E-state index contributed by atoms with van der Waals surface area (Å²) in [6.07, 6.45) is 7.59. The number of hydrazone groups is 1. The number of nitrogens with two attached hydrogens (primary N) is 1. The summed E-state index contributed by atoms with van der Waals surface area (Å²) in [6.45, 7) is 1.71. The highest BCUT2D eigenvalue weighted by molar-refractivity contribution is 7.98. The van der Waals surface area contributed by atoms with Crippen molar-refractivity contribution in [1.82, 2.24) is 0 Å². The first kappa shape index (κ1) is 26.8. The topological polar surface area (TPSA) is 87.8 Å². The van der Waals surface area contributed by atoms with E-state index in [2.05, 4.69) is 22.2 Å². The lowest BCUT2D eigenvalue weighted by Gasteiger charge is -2.27. The molecule has 0 aliphatic heterocycles. The average Bonchev–Trinajstić information content (AvgIpc) is 2.90. The minimum absolute atomic E-state index is 0.0297. The average molecular weight is 505 g/mol. The number of aryl methyl sites for hydroxylation is 2. The second kappa shape index (κ2) is 12.8. The van der Waals surface area contributed by atoms with Crippen LogP contribution in [0.5, 0.6) is 0 Å². The maximum Gasteiger partial charge on any atom is 0.258 e. The first-order valence-electron chi connectivity index (χ1n) is 11.4. The number of anilines is 2. The van der Waals surface area contributed by atoms with Crippen molar-refractivity contribution in [3.8, 4) is 0 Å². The molecule has 1 aliphatic rings. The lowest BCUT2D eigenvalue weighted by Crippen LogP contribution is -2.19. The van der Waals surface area contributed by atoms with Crippen molar-refractivity contribution >= 4 is 47.2 Å². The molecule has 8 heteroatoms. The van der Waals surface area contributed by atoms with Gasteiger partial charge in [-0.05, 0) is 86.7 Å². The molecule has 1 aliphatic carbocycles. The molecular weight excluding hydrogens is 475 g/mol. The van der Waals surface area contributed by atoms with E-state index in [1.807, 2.05) is 48.7 Å². The Kier molecular flexibility index (Phi) is 9.55. The van der Waals surface area contributed by atoms with Crippen LogP contribution in [0.4, 0.5) is 15.8 Å². The number of benzene rings is 3. The molecule has 0 bridgehead atoms. The monoisotopic (exact) mass is 504 g/mol. The number of aldehydes is 1. The number of nitrogens with one attached hydrogen (secondary N) is 1. The van der Waals surface area contributed by atoms with E-state index in [-0.39, 0.29) is 5.56 Å². The van der Waals surface area contributed by atoms with Gasteiger partial charge in [0, 0.05) is 16.1 Å². The lowest BCUT2D eigenvalue weighted by atomic mass is 9.93. The van der Waals surface area contributed by atoms with E-state index in [9.17, 15) is 14.0 Å². The van der Waals surface area contributed by atoms with Crippen LogP contribution in [0.15, 0.2) is 76.7 Å². The quantitative estimate of drug-likeness (QED) is 0.188. The minimum Gasteiger partial charge on any atom is -0.333 e. The molecule has 3 N–H and O–H groups in total. The van der Waals surface area contributed by atoms with Gasteiger partial charge in [-0.2, -0.15) is 5.10 Å². The van der Waals surface area contributed by atoms with Crippen molar-refractivity contribution in [1.29, 1.82) is 0 Å². The minimum atomic E-state index is -0.556. The zero-order valence-corrected chi connectivity index (χ0v) is 21.3. The predicted molar refractivity (Wildman–Crippen MR) is 147 cm³/mol. The summed E-state index contributed by atoms with van der Waals surface area (Å²) in [5.74, 6) is -1.06. The number of halogens is 1. The molecule has 4 rings (SSSR count). The molecule has 6 nitrogen and oxygen atoms in total. The summed E-state index contributed by atoms with van der Waals surface area (Å²) >= 11 is 1.64. The number of allylic oxidation sites excluding steroid dienone is 1. The number of nitrogens with zero attached hydrogens (tertiary/aromatic N) is 2. The maximum absolute atomic E-state index is 14.3. The first-order chi connectivity index (χ1) is 17.5. The van der Waals surface area contributed by atoms with Gasteiger partial charge >= 0.3 is 0 Å². The smallest absolute Gasteiger partial charge is 0.258 e. The van der Waals surface area contributed by atoms with Gasteiger partial charge in [0.1, 0.15) is 5.82 Å². The molecule has 0 radical (unpaired) electrons. The molecule has 0 saturated heterocycles. The van der Waals surface area contributed by atoms with Crippen LogP contribution in [-0.2, 0) is 11.2 Å². The number of carbonyl (C=O) groups excluding carboxylic acids is 2. The number of hydrogen-bond donors (Lipinski definition) is 2. The van der Waals surface area contributed by atoms with E-state index in [1.54, 1.807) is 35.8 Å². The van der Waals surface area contributed by atoms with Gasteiger partial charge in [-0.1, -0.05) is 24.3 Å². The molecule has 36 heavy (non-hydrogen) atoms. The summed E-state index contributed by atoms with van der Waals surface area (Å²) in [4.78, 5) is 25.0. The number of fused-ring (bicyclic) bond motifs is 1. The second-order valence-corrected chi connectivity index (χ2v) is 8.68. The van der Waals surface area contributed by atoms with E-state index >= 15 is 0 Å². The van der Waals surface area contributed by atoms with E-state index < -0.39 is 11.7 Å². The number of thioether (sulfide) groups is 1. The predicted octanol–water partition coefficient (Wildman–Crippen LogP) is 5.66. The van der Waals surface area contributed by atoms with Crippen molar-refractivity contribution in [3.63, 3.8) is 0 Å². The lowest BCUT2D eigenvalue weighted by molar-refractivity contribution is -0.102. The molecule has 186 valence electrons. The van der Waals surface area contributed by atoms with Gasteiger partial charge in [-0.3, -0.25) is 9.59 Å². The standard InChI is InChI=1S/C27H24FN3O2S.CH5N/c1-18-5-3-7-24(28)26(18)27(33)30-20-10-9-19-6-4-8-25(23(19)17-20)31(29-15-16-32)21-11-13-22(34-2)14-12-21;1-2/h3,5,7-17H,4,6H2,1-2H3,(H,30,33);2H2,1H3/b29-15+;. The van der Waals surface area contributed by atoms with Crippen LogP contribution in [-0.4, -0.2) is 31.7 Å². The summed E-state index contributed by atoms with van der Waals surface area (Å²) in [7, 11) is 1.50. The van der Waals surface area contributed by atoms with Gasteiger partial charge in [-0.25, -0.2) is 9.40 Å². The Hall–Kier alpha value is -3.75. The van der Waals surface area contributed by atoms with Crippen LogP contribution in [0.2, 0.25) is 0 Å². The van der Waals surface area contributed by atoms with Crippen molar-refractivity contribution in [2.45, 2.75) is 24.7 Å². The van der Waals surface area contributed by atoms with Crippen LogP contribution < -0.4 is 16.1 Å². The number of hydrogen-bond acceptors (Lipinski definition) is 6. The highest BCUT2D eigenvalue weighted by Gasteiger charge is 2.21. The van der Waals surface area contributed by atoms with Crippen LogP contribution in [0.25, 0.3) is 5.70 Å². The van der Waals surface area contributed by atoms with E-state index in [4.69, 9.17) is 0 Å². The van der Waals surface area contributed by atoms with Crippen molar-refractivity contribution in [3.05, 3.63) is 94.8 Å². The highest BCUT2D eigenvalue weighted by atomic mass is 32.2. The largest absolute Gasteiger partial charge is 0.333 e. The van der Waals surface area contributed by atoms with Gasteiger partial charge in [0.2, 0.25) is 0 Å². The Bertz CT molecular complexity index is 1270. The van der Waals surface area contributed by atoms with Crippen molar-refractivity contribution in [2.24, 2.45) is 10.8 Å². The molecule has 3 aromatic rings. The number of amides is 1. The van der Waals surface area contributed by atoms with E-state index in [0.717, 1.165) is 40.2 Å². The summed E-state index contributed by atoms with van der Waals surface area (Å²) in [6, 6.07) is 18.1. The molecular formula is C28H29FN4O2S. The van der Waals surface area contributed by atoms with E-state index in [0.29, 0.717) is 17.5 Å². The Balaban J connectivity index is 0.00000176. The molecule has 0 fully saturated rings. The molecule has 0 atom stereocenters. The Morgan fingerprint density at radius 1 is 1.14 bits per heavy atom. The van der Waals surface area contributed by atoms with Crippen molar-refractivity contribution < 1.29 is 14.0 Å². The molecule has 3 aromatic carbocycles. The summed E-state index contributed by atoms with van der Waals surface area (Å²) in [5, 5.41) is 8.93. The summed E-state index contributed by atoms with van der Waals surface area (Å²) < 4.78 is 14.3. The number of carbonyl (C=O) groups is 2. The molecule has 0 spiro atoms. The summed E-state index contributed by atoms with van der Waals surface area (Å²) in [5.41, 5.74) is 9.27. The number of rotatable bonds is 7. The van der Waals surface area contributed by atoms with Gasteiger partial charge < -0.3 is 11.1 Å². The second-order valence-electron chi connectivity index (χ2n) is 7.80. The van der Waals surface area contributed by atoms with Crippen LogP contribution in [0.3, 0.4) is 0 Å². The van der Waals surface area contributed by atoms with Gasteiger partial charge in [0.25, 0.3) is 5.91 Å². The van der Waals surface area contributed by atoms with Gasteiger partial charge in [0.05, 0.1) is 23.2 Å². The molecule has 1 amide bonds. The van der Waals surface area contributed by atoms with Crippen LogP contribution in [0, 0.1) is 12.7 Å². The fourth-order valence-corrected chi connectivity index (χ4v) is 4.39. The SMILES string of the molecule is CN.CSc1ccc(N(/N=C/C=O)C2=CCCc3ccc(NC(=O)c4c(C)cccc4F)cc32)cc1. The maximum atomic E-state index is 14.3. The fourth-order valence-electron chi connectivity index (χ4n) is 3.98. The first-order valence-corrected chi connectivity index (χ1v) is 12.6. The zero-order valence-electron chi connectivity index (χ0n) is 20.5. The molecule has 0 saturated carbocycles.